The zero-order chi connectivity index (χ0) is 15.5. The molecule has 2 heterocycles. The van der Waals surface area contributed by atoms with Crippen LogP contribution in [0.3, 0.4) is 0 Å². The van der Waals surface area contributed by atoms with E-state index in [-0.39, 0.29) is 5.54 Å². The quantitative estimate of drug-likeness (QED) is 0.803. The molecule has 2 rings (SSSR count). The summed E-state index contributed by atoms with van der Waals surface area (Å²) in [5.41, 5.74) is 0.0955. The van der Waals surface area contributed by atoms with Crippen molar-refractivity contribution in [2.24, 2.45) is 0 Å². The van der Waals surface area contributed by atoms with Gasteiger partial charge in [0.1, 0.15) is 0 Å². The van der Waals surface area contributed by atoms with Crippen LogP contribution in [0.25, 0.3) is 0 Å². The number of hydrogen-bond donors (Lipinski definition) is 1. The number of hydrogen-bond acceptors (Lipinski definition) is 5. The number of nitrogens with zero attached hydrogens (tertiary/aromatic N) is 2. The Morgan fingerprint density at radius 2 is 1.67 bits per heavy atom. The molecule has 0 aromatic rings. The minimum absolute atomic E-state index is 0.0955. The molecule has 0 bridgehead atoms. The van der Waals surface area contributed by atoms with Crippen LogP contribution in [0, 0.1) is 0 Å². The maximum Gasteiger partial charge on any atom is 0.152 e. The maximum absolute atomic E-state index is 11.6. The molecule has 21 heavy (non-hydrogen) atoms. The van der Waals surface area contributed by atoms with Gasteiger partial charge >= 0.3 is 0 Å². The van der Waals surface area contributed by atoms with E-state index in [1.807, 2.05) is 0 Å². The second kappa shape index (κ2) is 6.94. The minimum Gasteiger partial charge on any atom is -0.314 e. The molecule has 5 nitrogen and oxygen atoms in total. The molecule has 2 aliphatic heterocycles. The van der Waals surface area contributed by atoms with Gasteiger partial charge in [-0.3, -0.25) is 9.80 Å². The van der Waals surface area contributed by atoms with E-state index in [1.54, 1.807) is 0 Å². The zero-order valence-electron chi connectivity index (χ0n) is 13.8. The molecule has 124 valence electrons. The molecule has 2 aliphatic rings. The van der Waals surface area contributed by atoms with E-state index < -0.39 is 9.84 Å². The molecular formula is C15H31N3O2S. The standard InChI is InChI=1S/C15H31N3O2S/c1-14(17-8-6-16-7-9-17)4-5-15(2,3)18-10-12-21(19,20)13-11-18/h14,16H,4-13H2,1-3H3. The fraction of sp³-hybridized carbons (Fsp3) is 1.00. The second-order valence-corrected chi connectivity index (χ2v) is 9.43. The van der Waals surface area contributed by atoms with Gasteiger partial charge in [-0.2, -0.15) is 0 Å². The number of nitrogens with one attached hydrogen (secondary N) is 1. The van der Waals surface area contributed by atoms with Gasteiger partial charge in [0.05, 0.1) is 11.5 Å². The smallest absolute Gasteiger partial charge is 0.152 e. The molecule has 2 saturated heterocycles. The van der Waals surface area contributed by atoms with E-state index in [4.69, 9.17) is 0 Å². The average Bonchev–Trinajstić information content (AvgIpc) is 2.45. The van der Waals surface area contributed by atoms with Crippen LogP contribution in [-0.2, 0) is 9.84 Å². The van der Waals surface area contributed by atoms with Crippen molar-refractivity contribution in [1.29, 1.82) is 0 Å². The summed E-state index contributed by atoms with van der Waals surface area (Å²) in [5.74, 6) is 0.646. The van der Waals surface area contributed by atoms with Crippen molar-refractivity contribution >= 4 is 9.84 Å². The van der Waals surface area contributed by atoms with Gasteiger partial charge in [-0.25, -0.2) is 8.42 Å². The van der Waals surface area contributed by atoms with Crippen LogP contribution < -0.4 is 5.32 Å². The maximum atomic E-state index is 11.6. The van der Waals surface area contributed by atoms with E-state index in [0.29, 0.717) is 30.6 Å². The summed E-state index contributed by atoms with van der Waals surface area (Å²) in [5, 5.41) is 3.39. The Morgan fingerprint density at radius 3 is 2.24 bits per heavy atom. The third-order valence-electron chi connectivity index (χ3n) is 5.15. The van der Waals surface area contributed by atoms with Crippen LogP contribution in [0.5, 0.6) is 0 Å². The van der Waals surface area contributed by atoms with Crippen LogP contribution in [-0.4, -0.2) is 80.6 Å². The first-order valence-electron chi connectivity index (χ1n) is 8.20. The van der Waals surface area contributed by atoms with Crippen molar-refractivity contribution in [3.63, 3.8) is 0 Å². The topological polar surface area (TPSA) is 52.7 Å². The molecule has 0 amide bonds. The Balaban J connectivity index is 1.80. The van der Waals surface area contributed by atoms with Gasteiger partial charge in [-0.05, 0) is 33.6 Å². The molecule has 0 aromatic heterocycles. The Kier molecular flexibility index (Phi) is 5.68. The highest BCUT2D eigenvalue weighted by Crippen LogP contribution is 2.24. The predicted octanol–water partition coefficient (Wildman–Crippen LogP) is 0.569. The van der Waals surface area contributed by atoms with Crippen molar-refractivity contribution in [2.75, 3.05) is 50.8 Å². The summed E-state index contributed by atoms with van der Waals surface area (Å²) in [6.07, 6.45) is 2.30. The molecule has 0 radical (unpaired) electrons. The normalized spacial score (nSPS) is 26.6. The molecule has 0 aliphatic carbocycles. The fourth-order valence-corrected chi connectivity index (χ4v) is 4.54. The van der Waals surface area contributed by atoms with Crippen LogP contribution in [0.15, 0.2) is 0 Å². The largest absolute Gasteiger partial charge is 0.314 e. The highest BCUT2D eigenvalue weighted by Gasteiger charge is 2.32. The summed E-state index contributed by atoms with van der Waals surface area (Å²) >= 11 is 0. The van der Waals surface area contributed by atoms with Gasteiger partial charge < -0.3 is 5.32 Å². The van der Waals surface area contributed by atoms with Crippen molar-refractivity contribution in [3.8, 4) is 0 Å². The molecule has 2 fully saturated rings. The fourth-order valence-electron chi connectivity index (χ4n) is 3.34. The van der Waals surface area contributed by atoms with Crippen molar-refractivity contribution in [2.45, 2.75) is 45.2 Å². The van der Waals surface area contributed by atoms with Crippen molar-refractivity contribution in [3.05, 3.63) is 0 Å². The van der Waals surface area contributed by atoms with E-state index >= 15 is 0 Å². The van der Waals surface area contributed by atoms with Gasteiger partial charge in [0.15, 0.2) is 9.84 Å². The van der Waals surface area contributed by atoms with Gasteiger partial charge in [-0.1, -0.05) is 0 Å². The first kappa shape index (κ1) is 17.2. The van der Waals surface area contributed by atoms with E-state index in [0.717, 1.165) is 32.6 Å². The highest BCUT2D eigenvalue weighted by molar-refractivity contribution is 7.91. The summed E-state index contributed by atoms with van der Waals surface area (Å²) in [7, 11) is -2.78. The van der Waals surface area contributed by atoms with E-state index in [9.17, 15) is 8.42 Å². The van der Waals surface area contributed by atoms with Gasteiger partial charge in [0, 0.05) is 50.8 Å². The average molecular weight is 317 g/mol. The molecule has 0 spiro atoms. The summed E-state index contributed by atoms with van der Waals surface area (Å²) in [4.78, 5) is 4.92. The minimum atomic E-state index is -2.78. The third-order valence-corrected chi connectivity index (χ3v) is 6.76. The van der Waals surface area contributed by atoms with Crippen LogP contribution >= 0.6 is 0 Å². The first-order chi connectivity index (χ1) is 9.80. The number of sulfone groups is 1. The second-order valence-electron chi connectivity index (χ2n) is 7.12. The Morgan fingerprint density at radius 1 is 1.10 bits per heavy atom. The Hall–Kier alpha value is -0.170. The van der Waals surface area contributed by atoms with Gasteiger partial charge in [-0.15, -0.1) is 0 Å². The van der Waals surface area contributed by atoms with Crippen molar-refractivity contribution < 1.29 is 8.42 Å². The lowest BCUT2D eigenvalue weighted by Crippen LogP contribution is -2.52. The molecule has 1 atom stereocenters. The number of rotatable bonds is 5. The van der Waals surface area contributed by atoms with E-state index in [1.165, 1.54) is 6.42 Å². The Bertz CT molecular complexity index is 416. The molecular weight excluding hydrogens is 286 g/mol. The molecule has 1 N–H and O–H groups in total. The molecule has 0 saturated carbocycles. The third kappa shape index (κ3) is 4.91. The van der Waals surface area contributed by atoms with Crippen LogP contribution in [0.2, 0.25) is 0 Å². The first-order valence-corrected chi connectivity index (χ1v) is 10.0. The highest BCUT2D eigenvalue weighted by atomic mass is 32.2. The summed E-state index contributed by atoms with van der Waals surface area (Å²) in [6.45, 7) is 12.7. The van der Waals surface area contributed by atoms with Gasteiger partial charge in [0.2, 0.25) is 0 Å². The van der Waals surface area contributed by atoms with Crippen LogP contribution in [0.1, 0.15) is 33.6 Å². The SMILES string of the molecule is CC(CCC(C)(C)N1CCS(=O)(=O)CC1)N1CCNCC1. The van der Waals surface area contributed by atoms with Crippen LogP contribution in [0.4, 0.5) is 0 Å². The summed E-state index contributed by atoms with van der Waals surface area (Å²) in [6, 6.07) is 0.611. The molecule has 0 aromatic carbocycles. The lowest BCUT2D eigenvalue weighted by molar-refractivity contribution is 0.100. The monoisotopic (exact) mass is 317 g/mol. The molecule has 6 heteroatoms. The Labute approximate surface area is 130 Å². The lowest BCUT2D eigenvalue weighted by atomic mass is 9.93. The van der Waals surface area contributed by atoms with Crippen molar-refractivity contribution in [1.82, 2.24) is 15.1 Å². The predicted molar refractivity (Wildman–Crippen MR) is 87.4 cm³/mol. The summed E-state index contributed by atoms with van der Waals surface area (Å²) < 4.78 is 23.1. The van der Waals surface area contributed by atoms with Gasteiger partial charge in [0.25, 0.3) is 0 Å². The number of piperazine rings is 1. The zero-order valence-corrected chi connectivity index (χ0v) is 14.6. The molecule has 1 unspecified atom stereocenters. The van der Waals surface area contributed by atoms with E-state index in [2.05, 4.69) is 35.9 Å². The lowest BCUT2D eigenvalue weighted by Gasteiger charge is -2.42.